The maximum atomic E-state index is 13.6. The second-order valence-electron chi connectivity index (χ2n) is 4.14. The maximum absolute atomic E-state index is 13.6. The van der Waals surface area contributed by atoms with Gasteiger partial charge < -0.3 is 5.32 Å². The molecule has 18 heavy (non-hydrogen) atoms. The van der Waals surface area contributed by atoms with E-state index in [2.05, 4.69) is 5.32 Å². The van der Waals surface area contributed by atoms with E-state index in [0.717, 1.165) is 18.1 Å². The van der Waals surface area contributed by atoms with Gasteiger partial charge in [-0.2, -0.15) is 0 Å². The van der Waals surface area contributed by atoms with Gasteiger partial charge in [0.15, 0.2) is 0 Å². The van der Waals surface area contributed by atoms with Crippen molar-refractivity contribution in [2.24, 2.45) is 0 Å². The zero-order chi connectivity index (χ0) is 13.0. The number of hydrogen-bond acceptors (Lipinski definition) is 1. The Labute approximate surface area is 105 Å². The van der Waals surface area contributed by atoms with Crippen molar-refractivity contribution < 1.29 is 8.78 Å². The van der Waals surface area contributed by atoms with Gasteiger partial charge in [-0.25, -0.2) is 8.78 Å². The topological polar surface area (TPSA) is 12.0 Å². The number of benzene rings is 2. The monoisotopic (exact) mass is 247 g/mol. The average Bonchev–Trinajstić information content (AvgIpc) is 2.39. The smallest absolute Gasteiger partial charge is 0.149 e. The van der Waals surface area contributed by atoms with Crippen LogP contribution in [0.1, 0.15) is 24.9 Å². The predicted molar refractivity (Wildman–Crippen MR) is 69.5 cm³/mol. The highest BCUT2D eigenvalue weighted by Gasteiger charge is 2.11. The summed E-state index contributed by atoms with van der Waals surface area (Å²) in [5.41, 5.74) is 1.41. The van der Waals surface area contributed by atoms with Gasteiger partial charge in [0.05, 0.1) is 11.7 Å². The summed E-state index contributed by atoms with van der Waals surface area (Å²) in [6.07, 6.45) is 0.820. The lowest BCUT2D eigenvalue weighted by Gasteiger charge is -2.19. The molecule has 2 rings (SSSR count). The quantitative estimate of drug-likeness (QED) is 0.837. The Bertz CT molecular complexity index is 511. The summed E-state index contributed by atoms with van der Waals surface area (Å²) in [7, 11) is 0. The lowest BCUT2D eigenvalue weighted by molar-refractivity contribution is 0.582. The van der Waals surface area contributed by atoms with Crippen LogP contribution in [0.4, 0.5) is 14.5 Å². The van der Waals surface area contributed by atoms with Crippen molar-refractivity contribution in [3.63, 3.8) is 0 Å². The van der Waals surface area contributed by atoms with Crippen molar-refractivity contribution >= 4 is 5.69 Å². The molecule has 0 aliphatic rings. The standard InChI is InChI=1S/C15H15F2N/c1-2-14(11-6-4-3-5-7-11)18-15-9-8-12(16)10-13(15)17/h3-10,14,18H,2H2,1H3. The molecule has 0 aliphatic carbocycles. The maximum Gasteiger partial charge on any atom is 0.149 e. The van der Waals surface area contributed by atoms with E-state index in [1.54, 1.807) is 0 Å². The van der Waals surface area contributed by atoms with E-state index >= 15 is 0 Å². The molecule has 0 bridgehead atoms. The summed E-state index contributed by atoms with van der Waals surface area (Å²) in [5.74, 6) is -1.13. The third-order valence-electron chi connectivity index (χ3n) is 2.87. The second-order valence-corrected chi connectivity index (χ2v) is 4.14. The van der Waals surface area contributed by atoms with Crippen LogP contribution in [-0.2, 0) is 0 Å². The molecule has 0 saturated carbocycles. The Morgan fingerprint density at radius 2 is 1.78 bits per heavy atom. The number of rotatable bonds is 4. The van der Waals surface area contributed by atoms with E-state index in [1.807, 2.05) is 37.3 Å². The summed E-state index contributed by atoms with van der Waals surface area (Å²) < 4.78 is 26.4. The Balaban J connectivity index is 2.21. The molecule has 0 saturated heterocycles. The van der Waals surface area contributed by atoms with Crippen molar-refractivity contribution in [3.8, 4) is 0 Å². The summed E-state index contributed by atoms with van der Waals surface area (Å²) in [6, 6.07) is 13.4. The van der Waals surface area contributed by atoms with Crippen molar-refractivity contribution in [1.82, 2.24) is 0 Å². The minimum atomic E-state index is -0.565. The van der Waals surface area contributed by atoms with Gasteiger partial charge in [-0.1, -0.05) is 37.3 Å². The molecule has 1 N–H and O–H groups in total. The van der Waals surface area contributed by atoms with Gasteiger partial charge in [-0.15, -0.1) is 0 Å². The Morgan fingerprint density at radius 1 is 1.06 bits per heavy atom. The molecule has 0 fully saturated rings. The summed E-state index contributed by atoms with van der Waals surface area (Å²) in [4.78, 5) is 0. The van der Waals surface area contributed by atoms with Crippen LogP contribution in [0.5, 0.6) is 0 Å². The fourth-order valence-corrected chi connectivity index (χ4v) is 1.90. The fraction of sp³-hybridized carbons (Fsp3) is 0.200. The van der Waals surface area contributed by atoms with Gasteiger partial charge in [0.1, 0.15) is 11.6 Å². The summed E-state index contributed by atoms with van der Waals surface area (Å²) >= 11 is 0. The first-order chi connectivity index (χ1) is 8.70. The van der Waals surface area contributed by atoms with E-state index < -0.39 is 11.6 Å². The Morgan fingerprint density at radius 3 is 2.39 bits per heavy atom. The van der Waals surface area contributed by atoms with Gasteiger partial charge in [-0.05, 0) is 24.1 Å². The van der Waals surface area contributed by atoms with Gasteiger partial charge in [0.2, 0.25) is 0 Å². The molecular weight excluding hydrogens is 232 g/mol. The molecule has 0 aromatic heterocycles. The van der Waals surface area contributed by atoms with E-state index in [1.165, 1.54) is 12.1 Å². The van der Waals surface area contributed by atoms with Crippen LogP contribution in [0.2, 0.25) is 0 Å². The minimum Gasteiger partial charge on any atom is -0.376 e. The lowest BCUT2D eigenvalue weighted by atomic mass is 10.0. The molecule has 1 atom stereocenters. The van der Waals surface area contributed by atoms with Gasteiger partial charge in [0, 0.05) is 6.07 Å². The molecule has 3 heteroatoms. The molecule has 94 valence electrons. The van der Waals surface area contributed by atoms with E-state index in [9.17, 15) is 8.78 Å². The normalized spacial score (nSPS) is 12.2. The SMILES string of the molecule is CCC(Nc1ccc(F)cc1F)c1ccccc1. The van der Waals surface area contributed by atoms with Crippen LogP contribution in [0.3, 0.4) is 0 Å². The zero-order valence-electron chi connectivity index (χ0n) is 10.2. The number of halogens is 2. The predicted octanol–water partition coefficient (Wildman–Crippen LogP) is 4.53. The number of hydrogen-bond donors (Lipinski definition) is 1. The molecular formula is C15H15F2N. The highest BCUT2D eigenvalue weighted by atomic mass is 19.1. The molecule has 0 radical (unpaired) electrons. The molecule has 0 aliphatic heterocycles. The van der Waals surface area contributed by atoms with Gasteiger partial charge >= 0.3 is 0 Å². The highest BCUT2D eigenvalue weighted by Crippen LogP contribution is 2.24. The summed E-state index contributed by atoms with van der Waals surface area (Å²) in [5, 5.41) is 3.10. The molecule has 1 unspecified atom stereocenters. The molecule has 2 aromatic rings. The first kappa shape index (κ1) is 12.6. The second kappa shape index (κ2) is 5.63. The largest absolute Gasteiger partial charge is 0.376 e. The number of nitrogens with one attached hydrogen (secondary N) is 1. The molecule has 0 spiro atoms. The van der Waals surface area contributed by atoms with Crippen molar-refractivity contribution in [1.29, 1.82) is 0 Å². The van der Waals surface area contributed by atoms with Gasteiger partial charge in [0.25, 0.3) is 0 Å². The summed E-state index contributed by atoms with van der Waals surface area (Å²) in [6.45, 7) is 2.02. The van der Waals surface area contributed by atoms with Crippen LogP contribution < -0.4 is 5.32 Å². The van der Waals surface area contributed by atoms with Crippen LogP contribution >= 0.6 is 0 Å². The molecule has 0 amide bonds. The third-order valence-corrected chi connectivity index (χ3v) is 2.87. The number of anilines is 1. The Hall–Kier alpha value is -1.90. The first-order valence-electron chi connectivity index (χ1n) is 5.97. The van der Waals surface area contributed by atoms with E-state index in [4.69, 9.17) is 0 Å². The van der Waals surface area contributed by atoms with E-state index in [0.29, 0.717) is 5.69 Å². The van der Waals surface area contributed by atoms with Crippen LogP contribution in [-0.4, -0.2) is 0 Å². The highest BCUT2D eigenvalue weighted by molar-refractivity contribution is 5.47. The van der Waals surface area contributed by atoms with Crippen molar-refractivity contribution in [2.45, 2.75) is 19.4 Å². The Kier molecular flexibility index (Phi) is 3.92. The fourth-order valence-electron chi connectivity index (χ4n) is 1.90. The van der Waals surface area contributed by atoms with Crippen LogP contribution in [0.15, 0.2) is 48.5 Å². The molecule has 2 aromatic carbocycles. The zero-order valence-corrected chi connectivity index (χ0v) is 10.2. The van der Waals surface area contributed by atoms with Crippen LogP contribution in [0.25, 0.3) is 0 Å². The van der Waals surface area contributed by atoms with Crippen molar-refractivity contribution in [3.05, 3.63) is 65.7 Å². The minimum absolute atomic E-state index is 0.0196. The first-order valence-corrected chi connectivity index (χ1v) is 5.97. The van der Waals surface area contributed by atoms with Crippen molar-refractivity contribution in [2.75, 3.05) is 5.32 Å². The molecule has 0 heterocycles. The third kappa shape index (κ3) is 2.86. The lowest BCUT2D eigenvalue weighted by Crippen LogP contribution is -2.10. The van der Waals surface area contributed by atoms with Crippen LogP contribution in [0, 0.1) is 11.6 Å². The van der Waals surface area contributed by atoms with Gasteiger partial charge in [-0.3, -0.25) is 0 Å². The average molecular weight is 247 g/mol. The van der Waals surface area contributed by atoms with E-state index in [-0.39, 0.29) is 6.04 Å². The molecule has 1 nitrogen and oxygen atoms in total.